The predicted molar refractivity (Wildman–Crippen MR) is 274 cm³/mol. The monoisotopic (exact) mass is 950 g/mol. The van der Waals surface area contributed by atoms with E-state index in [1.807, 2.05) is 0 Å². The summed E-state index contributed by atoms with van der Waals surface area (Å²) in [6.45, 7) is 28.5. The molecular weight excluding hydrogens is 892 g/mol. The number of allylic oxidation sites excluding steroid dienone is 2. The molecule has 2 atom stereocenters. The van der Waals surface area contributed by atoms with Gasteiger partial charge in [0, 0.05) is 0 Å². The average molecular weight is 953 g/mol. The number of aryl methyl sites for hydroxylation is 2. The molecule has 0 radical (unpaired) electrons. The predicted octanol–water partition coefficient (Wildman–Crippen LogP) is 16.0. The first kappa shape index (κ1) is 44.3. The van der Waals surface area contributed by atoms with E-state index in [1.54, 1.807) is 0 Å². The quantitative estimate of drug-likeness (QED) is 0.124. The van der Waals surface area contributed by atoms with Crippen LogP contribution >= 0.6 is 17.0 Å². The Balaban J connectivity index is 1.50. The summed E-state index contributed by atoms with van der Waals surface area (Å²) >= 11 is -5.65. The van der Waals surface area contributed by atoms with Crippen LogP contribution in [0.5, 0.6) is 0 Å². The summed E-state index contributed by atoms with van der Waals surface area (Å²) < 4.78 is 2.56. The molecule has 7 heteroatoms. The van der Waals surface area contributed by atoms with Crippen molar-refractivity contribution >= 4 is 61.7 Å². The fraction of sp³-hybridized carbons (Fsp3) is 0.259. The van der Waals surface area contributed by atoms with Crippen molar-refractivity contribution in [3.63, 3.8) is 0 Å². The molecule has 61 heavy (non-hydrogen) atoms. The maximum atomic E-state index is 9.41. The molecule has 6 aromatic rings. The molecule has 0 spiro atoms. The Morgan fingerprint density at radius 2 is 0.820 bits per heavy atom. The molecule has 0 saturated carbocycles. The Labute approximate surface area is 377 Å². The maximum absolute atomic E-state index is 9.41. The van der Waals surface area contributed by atoms with E-state index in [-0.39, 0.29) is 7.25 Å². The molecule has 0 aliphatic heterocycles. The fourth-order valence-electron chi connectivity index (χ4n) is 10.9. The first-order valence-electron chi connectivity index (χ1n) is 22.0. The second-order valence-electron chi connectivity index (χ2n) is 20.1. The van der Waals surface area contributed by atoms with Crippen LogP contribution in [-0.4, -0.2) is 25.6 Å². The topological polar surface area (TPSA) is 3.24 Å². The van der Waals surface area contributed by atoms with Crippen LogP contribution in [0.3, 0.4) is 0 Å². The molecule has 0 fully saturated rings. The Morgan fingerprint density at radius 3 is 1.18 bits per heavy atom. The number of nitrogens with zero attached hydrogens (tertiary/aromatic N) is 1. The van der Waals surface area contributed by atoms with E-state index >= 15 is 0 Å². The third kappa shape index (κ3) is 7.68. The fourth-order valence-corrected chi connectivity index (χ4v) is 52.2. The molecule has 6 aromatic carbocycles. The third-order valence-electron chi connectivity index (χ3n) is 14.3. The number of halogens is 2. The summed E-state index contributed by atoms with van der Waals surface area (Å²) in [4.78, 5) is 0.720. The van der Waals surface area contributed by atoms with Crippen LogP contribution in [0.15, 0.2) is 121 Å². The molecule has 8 rings (SSSR count). The summed E-state index contributed by atoms with van der Waals surface area (Å²) in [6.07, 6.45) is 4.97. The second kappa shape index (κ2) is 16.1. The summed E-state index contributed by atoms with van der Waals surface area (Å²) in [7, 11) is 14.8. The third-order valence-corrected chi connectivity index (χ3v) is 41.1. The summed E-state index contributed by atoms with van der Waals surface area (Å²) in [5.41, 5.74) is 23.0. The van der Waals surface area contributed by atoms with Crippen molar-refractivity contribution in [3.8, 4) is 22.3 Å². The van der Waals surface area contributed by atoms with E-state index in [1.165, 1.54) is 100 Å². The van der Waals surface area contributed by atoms with E-state index in [9.17, 15) is 17.0 Å². The summed E-state index contributed by atoms with van der Waals surface area (Å²) in [6, 6.07) is 45.2. The molecule has 0 saturated heterocycles. The Hall–Kier alpha value is -3.28. The zero-order valence-corrected chi connectivity index (χ0v) is 44.2. The van der Waals surface area contributed by atoms with Gasteiger partial charge in [-0.05, 0) is 0 Å². The molecule has 311 valence electrons. The van der Waals surface area contributed by atoms with Crippen molar-refractivity contribution in [2.75, 3.05) is 0 Å². The Kier molecular flexibility index (Phi) is 11.7. The molecule has 0 bridgehead atoms. The van der Waals surface area contributed by atoms with Crippen molar-refractivity contribution in [3.05, 3.63) is 188 Å². The van der Waals surface area contributed by atoms with Gasteiger partial charge < -0.3 is 0 Å². The van der Waals surface area contributed by atoms with Crippen molar-refractivity contribution in [2.24, 2.45) is 0 Å². The molecule has 2 aliphatic rings. The first-order valence-corrected chi connectivity index (χ1v) is 39.8. The number of fused-ring (bicyclic) bond motifs is 2. The number of benzene rings is 6. The zero-order valence-electron chi connectivity index (χ0n) is 38.3. The molecule has 0 heterocycles. The van der Waals surface area contributed by atoms with Crippen LogP contribution in [0.1, 0.15) is 74.0 Å². The normalized spacial score (nSPS) is 17.1. The van der Waals surface area contributed by atoms with E-state index in [4.69, 9.17) is 0 Å². The van der Waals surface area contributed by atoms with Gasteiger partial charge in [-0.25, -0.2) is 0 Å². The van der Waals surface area contributed by atoms with Crippen LogP contribution in [-0.2, 0) is 16.2 Å². The zero-order chi connectivity index (χ0) is 43.8. The van der Waals surface area contributed by atoms with Gasteiger partial charge in [-0.2, -0.15) is 0 Å². The molecule has 1 nitrogen and oxygen atoms in total. The summed E-state index contributed by atoms with van der Waals surface area (Å²) in [5, 5.41) is 0. The van der Waals surface area contributed by atoms with E-state index in [0.717, 1.165) is 4.95 Å². The Morgan fingerprint density at radius 1 is 0.443 bits per heavy atom. The Bertz CT molecular complexity index is 2580. The minimum atomic E-state index is -5.65. The van der Waals surface area contributed by atoms with Crippen molar-refractivity contribution in [1.82, 2.24) is 4.14 Å². The summed E-state index contributed by atoms with van der Waals surface area (Å²) in [5.74, 6) is 0. The average Bonchev–Trinajstić information content (AvgIpc) is 3.83. The second-order valence-corrected chi connectivity index (χ2v) is 52.2. The van der Waals surface area contributed by atoms with Crippen molar-refractivity contribution in [1.29, 1.82) is 0 Å². The first-order chi connectivity index (χ1) is 28.7. The van der Waals surface area contributed by atoms with Gasteiger partial charge in [0.15, 0.2) is 0 Å². The van der Waals surface area contributed by atoms with Crippen LogP contribution in [0.25, 0.3) is 45.6 Å². The minimum absolute atomic E-state index is 0.181. The van der Waals surface area contributed by atoms with Crippen LogP contribution < -0.4 is 0 Å². The van der Waals surface area contributed by atoms with E-state index in [0.29, 0.717) is 0 Å². The molecule has 2 unspecified atom stereocenters. The van der Waals surface area contributed by atoms with Crippen LogP contribution in [0.4, 0.5) is 0 Å². The van der Waals surface area contributed by atoms with Gasteiger partial charge in [-0.1, -0.05) is 0 Å². The molecular formula is C54H61BCl2NSi2Zr. The van der Waals surface area contributed by atoms with E-state index < -0.39 is 32.6 Å². The molecule has 0 aromatic heterocycles. The standard InChI is InChI=1S/2C24H21.C6H19BNSi2.2ClH.Zr/c2*1-16-12-13-22(18(3)17(16)2)23-11-7-10-20-14-21(15-24(20)23)19-8-5-4-6-9-19;1-9(2,3)8(7)10(4,5)6;;;/h2*4-15H,1-3H3;7H,1-6H3;2*1H;/q;;+1;;;+1/p-2. The van der Waals surface area contributed by atoms with Gasteiger partial charge >= 0.3 is 380 Å². The van der Waals surface area contributed by atoms with Crippen molar-refractivity contribution < 1.29 is 16.2 Å². The van der Waals surface area contributed by atoms with Gasteiger partial charge in [0.2, 0.25) is 0 Å². The molecule has 0 N–H and O–H groups in total. The molecule has 0 amide bonds. The van der Waals surface area contributed by atoms with Gasteiger partial charge in [0.25, 0.3) is 0 Å². The number of rotatable bonds is 10. The van der Waals surface area contributed by atoms with Gasteiger partial charge in [-0.3, -0.25) is 0 Å². The van der Waals surface area contributed by atoms with Gasteiger partial charge in [0.05, 0.1) is 0 Å². The number of hydrogen-bond acceptors (Lipinski definition) is 1. The van der Waals surface area contributed by atoms with Gasteiger partial charge in [-0.15, -0.1) is 0 Å². The van der Waals surface area contributed by atoms with Crippen molar-refractivity contribution in [2.45, 2.75) is 88.1 Å². The van der Waals surface area contributed by atoms with Crippen LogP contribution in [0.2, 0.25) is 39.3 Å². The van der Waals surface area contributed by atoms with Crippen LogP contribution in [0, 0.1) is 41.5 Å². The molecule has 2 aliphatic carbocycles. The van der Waals surface area contributed by atoms with Gasteiger partial charge in [0.1, 0.15) is 0 Å². The van der Waals surface area contributed by atoms with E-state index in [2.05, 4.69) is 218 Å². The number of hydrogen-bond donors (Lipinski definition) is 0. The SMILES string of the molecule is Cc1ccc(-c2cccc3c2C=C(c2ccccc2)[CH]3[Zr]([Cl])([Cl])([BH]N([Si](C)(C)C)[Si](C)(C)C)[CH]2C(c3ccccc3)=Cc3c(-c4ccc(C)c(C)c4C)cccc32)c(C)c1C.